The van der Waals surface area contributed by atoms with Crippen LogP contribution in [0.15, 0.2) is 41.4 Å². The van der Waals surface area contributed by atoms with Crippen molar-refractivity contribution in [3.05, 3.63) is 53.1 Å². The Kier molecular flexibility index (Phi) is 11.3. The minimum Gasteiger partial charge on any atom is -0.497 e. The van der Waals surface area contributed by atoms with E-state index in [1.807, 2.05) is 24.3 Å². The second-order valence-corrected chi connectivity index (χ2v) is 6.42. The van der Waals surface area contributed by atoms with E-state index in [1.54, 1.807) is 28.4 Å². The third-order valence-electron chi connectivity index (χ3n) is 4.52. The van der Waals surface area contributed by atoms with Crippen molar-refractivity contribution in [2.75, 3.05) is 41.5 Å². The first kappa shape index (κ1) is 24.9. The molecular formula is C22H32IN3O3. The number of guanidine groups is 1. The average Bonchev–Trinajstić information content (AvgIpc) is 2.72. The quantitative estimate of drug-likeness (QED) is 0.305. The first-order valence-electron chi connectivity index (χ1n) is 9.40. The molecule has 7 heteroatoms. The van der Waals surface area contributed by atoms with Crippen LogP contribution >= 0.6 is 24.0 Å². The topological polar surface area (TPSA) is 64.1 Å². The van der Waals surface area contributed by atoms with Crippen molar-refractivity contribution in [2.45, 2.75) is 19.8 Å². The van der Waals surface area contributed by atoms with Gasteiger partial charge in [-0.05, 0) is 55.2 Å². The van der Waals surface area contributed by atoms with Gasteiger partial charge in [0, 0.05) is 20.1 Å². The van der Waals surface area contributed by atoms with Gasteiger partial charge in [0.25, 0.3) is 0 Å². The molecule has 0 saturated carbocycles. The smallest absolute Gasteiger partial charge is 0.190 e. The molecule has 0 saturated heterocycles. The molecule has 0 unspecified atom stereocenters. The third kappa shape index (κ3) is 7.64. The van der Waals surface area contributed by atoms with Gasteiger partial charge in [0.15, 0.2) is 5.96 Å². The first-order valence-corrected chi connectivity index (χ1v) is 9.40. The fourth-order valence-corrected chi connectivity index (χ4v) is 3.03. The molecule has 0 aliphatic carbocycles. The summed E-state index contributed by atoms with van der Waals surface area (Å²) in [5, 5.41) is 6.70. The minimum absolute atomic E-state index is 0. The van der Waals surface area contributed by atoms with Gasteiger partial charge < -0.3 is 24.8 Å². The molecule has 160 valence electrons. The van der Waals surface area contributed by atoms with E-state index in [1.165, 1.54) is 11.1 Å². The van der Waals surface area contributed by atoms with E-state index in [4.69, 9.17) is 14.2 Å². The Morgan fingerprint density at radius 3 is 1.90 bits per heavy atom. The molecule has 0 radical (unpaired) electrons. The minimum atomic E-state index is 0. The molecule has 0 bridgehead atoms. The van der Waals surface area contributed by atoms with Crippen LogP contribution in [0.5, 0.6) is 17.2 Å². The normalized spacial score (nSPS) is 10.7. The van der Waals surface area contributed by atoms with E-state index < -0.39 is 0 Å². The van der Waals surface area contributed by atoms with Crippen molar-refractivity contribution in [3.8, 4) is 17.2 Å². The van der Waals surface area contributed by atoms with Gasteiger partial charge in [0.05, 0.1) is 21.3 Å². The van der Waals surface area contributed by atoms with Crippen molar-refractivity contribution >= 4 is 29.9 Å². The van der Waals surface area contributed by atoms with Crippen molar-refractivity contribution < 1.29 is 14.2 Å². The maximum Gasteiger partial charge on any atom is 0.190 e. The average molecular weight is 513 g/mol. The van der Waals surface area contributed by atoms with Gasteiger partial charge in [-0.15, -0.1) is 24.0 Å². The number of hydrogen-bond acceptors (Lipinski definition) is 4. The second-order valence-electron chi connectivity index (χ2n) is 6.42. The van der Waals surface area contributed by atoms with Crippen LogP contribution in [-0.4, -0.2) is 47.4 Å². The number of hydrogen-bond donors (Lipinski definition) is 2. The summed E-state index contributed by atoms with van der Waals surface area (Å²) >= 11 is 0. The van der Waals surface area contributed by atoms with E-state index in [0.717, 1.165) is 54.7 Å². The number of nitrogens with one attached hydrogen (secondary N) is 2. The van der Waals surface area contributed by atoms with Crippen LogP contribution in [0, 0.1) is 6.92 Å². The maximum absolute atomic E-state index is 5.44. The van der Waals surface area contributed by atoms with Crippen molar-refractivity contribution in [1.29, 1.82) is 0 Å². The predicted octanol–water partition coefficient (Wildman–Crippen LogP) is 3.59. The number of ether oxygens (including phenoxy) is 3. The number of halogens is 1. The fraction of sp³-hybridized carbons (Fsp3) is 0.409. The number of aryl methyl sites for hydroxylation is 1. The van der Waals surface area contributed by atoms with Crippen LogP contribution in [0.3, 0.4) is 0 Å². The van der Waals surface area contributed by atoms with Gasteiger partial charge in [-0.3, -0.25) is 4.99 Å². The molecule has 2 N–H and O–H groups in total. The molecule has 2 aromatic carbocycles. The Balaban J connectivity index is 0.00000420. The Hall–Kier alpha value is -2.16. The van der Waals surface area contributed by atoms with Crippen LogP contribution in [0.1, 0.15) is 16.7 Å². The van der Waals surface area contributed by atoms with Gasteiger partial charge in [0.1, 0.15) is 17.2 Å². The standard InChI is InChI=1S/C22H31N3O3.HI/c1-16-6-8-20(27-4)17(14-16)10-12-24-22(23-2)25-13-11-18-15-19(26-3)7-9-21(18)28-5;/h6-9,14-15H,10-13H2,1-5H3,(H2,23,24,25);1H. The van der Waals surface area contributed by atoms with Crippen LogP contribution < -0.4 is 24.8 Å². The van der Waals surface area contributed by atoms with Gasteiger partial charge in [-0.25, -0.2) is 0 Å². The highest BCUT2D eigenvalue weighted by atomic mass is 127. The molecule has 6 nitrogen and oxygen atoms in total. The molecule has 0 spiro atoms. The largest absolute Gasteiger partial charge is 0.497 e. The lowest BCUT2D eigenvalue weighted by atomic mass is 10.1. The van der Waals surface area contributed by atoms with Gasteiger partial charge >= 0.3 is 0 Å². The van der Waals surface area contributed by atoms with E-state index in [9.17, 15) is 0 Å². The molecule has 2 rings (SSSR count). The van der Waals surface area contributed by atoms with Crippen LogP contribution in [0.25, 0.3) is 0 Å². The molecule has 0 atom stereocenters. The molecule has 0 aliphatic rings. The highest BCUT2D eigenvalue weighted by Gasteiger charge is 2.07. The molecule has 0 heterocycles. The zero-order valence-electron chi connectivity index (χ0n) is 17.9. The number of rotatable bonds is 9. The van der Waals surface area contributed by atoms with Gasteiger partial charge in [-0.2, -0.15) is 0 Å². The second kappa shape index (κ2) is 13.1. The summed E-state index contributed by atoms with van der Waals surface area (Å²) in [6.07, 6.45) is 1.65. The van der Waals surface area contributed by atoms with Crippen LogP contribution in [0.4, 0.5) is 0 Å². The van der Waals surface area contributed by atoms with E-state index in [2.05, 4.69) is 34.7 Å². The Bertz CT molecular complexity index is 797. The van der Waals surface area contributed by atoms with E-state index in [0.29, 0.717) is 0 Å². The summed E-state index contributed by atoms with van der Waals surface area (Å²) in [6, 6.07) is 12.1. The van der Waals surface area contributed by atoms with Crippen LogP contribution in [0.2, 0.25) is 0 Å². The highest BCUT2D eigenvalue weighted by Crippen LogP contribution is 2.24. The summed E-state index contributed by atoms with van der Waals surface area (Å²) in [5.41, 5.74) is 3.51. The summed E-state index contributed by atoms with van der Waals surface area (Å²) in [7, 11) is 6.82. The molecular weight excluding hydrogens is 481 g/mol. The first-order chi connectivity index (χ1) is 13.6. The van der Waals surface area contributed by atoms with Crippen molar-refractivity contribution in [3.63, 3.8) is 0 Å². The molecule has 2 aromatic rings. The lowest BCUT2D eigenvalue weighted by molar-refractivity contribution is 0.398. The highest BCUT2D eigenvalue weighted by molar-refractivity contribution is 14.0. The third-order valence-corrected chi connectivity index (χ3v) is 4.52. The van der Waals surface area contributed by atoms with Crippen molar-refractivity contribution in [1.82, 2.24) is 10.6 Å². The van der Waals surface area contributed by atoms with E-state index in [-0.39, 0.29) is 24.0 Å². The molecule has 0 amide bonds. The Morgan fingerprint density at radius 2 is 1.38 bits per heavy atom. The lowest BCUT2D eigenvalue weighted by Gasteiger charge is -2.15. The molecule has 0 aliphatic heterocycles. The molecule has 0 aromatic heterocycles. The number of benzene rings is 2. The lowest BCUT2D eigenvalue weighted by Crippen LogP contribution is -2.39. The summed E-state index contributed by atoms with van der Waals surface area (Å²) in [4.78, 5) is 4.29. The Labute approximate surface area is 191 Å². The number of nitrogens with zero attached hydrogens (tertiary/aromatic N) is 1. The number of methoxy groups -OCH3 is 3. The van der Waals surface area contributed by atoms with Crippen LogP contribution in [-0.2, 0) is 12.8 Å². The van der Waals surface area contributed by atoms with E-state index >= 15 is 0 Å². The van der Waals surface area contributed by atoms with Gasteiger partial charge in [-0.1, -0.05) is 17.7 Å². The molecule has 29 heavy (non-hydrogen) atoms. The Morgan fingerprint density at radius 1 is 0.828 bits per heavy atom. The van der Waals surface area contributed by atoms with Gasteiger partial charge in [0.2, 0.25) is 0 Å². The van der Waals surface area contributed by atoms with Crippen molar-refractivity contribution in [2.24, 2.45) is 4.99 Å². The monoisotopic (exact) mass is 513 g/mol. The predicted molar refractivity (Wildman–Crippen MR) is 129 cm³/mol. The number of aliphatic imine (C=N–C) groups is 1. The zero-order chi connectivity index (χ0) is 20.4. The summed E-state index contributed by atoms with van der Waals surface area (Å²) in [6.45, 7) is 3.59. The summed E-state index contributed by atoms with van der Waals surface area (Å²) in [5.74, 6) is 3.37. The summed E-state index contributed by atoms with van der Waals surface area (Å²) < 4.78 is 16.2. The fourth-order valence-electron chi connectivity index (χ4n) is 3.03. The SMILES string of the molecule is CN=C(NCCc1cc(C)ccc1OC)NCCc1cc(OC)ccc1OC.I. The zero-order valence-corrected chi connectivity index (χ0v) is 20.2. The maximum atomic E-state index is 5.44. The molecule has 0 fully saturated rings.